The van der Waals surface area contributed by atoms with Gasteiger partial charge in [0, 0.05) is 0 Å². The SMILES string of the molecule is CC(C)(C)[Si](C)(C)P([Si](C)(C)C)[Si](C)(C)C(C)(C)C. The Bertz CT molecular complexity index is 288. The largest absolute Gasteiger partial charge is 0.139 e. The maximum absolute atomic E-state index is 2.71. The molecule has 0 aliphatic carbocycles. The molecule has 0 spiro atoms. The first-order valence-corrected chi connectivity index (χ1v) is 21.0. The average Bonchev–Trinajstić information content (AvgIpc) is 1.93. The lowest BCUT2D eigenvalue weighted by atomic mass is 10.2. The third-order valence-electron chi connectivity index (χ3n) is 5.46. The maximum atomic E-state index is 2.71. The molecule has 0 amide bonds. The summed E-state index contributed by atoms with van der Waals surface area (Å²) in [5, 5.41) is 1.07. The highest BCUT2D eigenvalue weighted by atomic mass is 31.8. The topological polar surface area (TPSA) is 0 Å². The summed E-state index contributed by atoms with van der Waals surface area (Å²) < 4.78 is 0. The van der Waals surface area contributed by atoms with E-state index < -0.39 is 23.2 Å². The Balaban J connectivity index is 6.05. The Labute approximate surface area is 127 Å². The molecule has 0 rings (SSSR count). The van der Waals surface area contributed by atoms with E-state index in [1.807, 2.05) is 0 Å². The molecule has 116 valence electrons. The van der Waals surface area contributed by atoms with Crippen LogP contribution in [0, 0.1) is 0 Å². The molecule has 0 saturated heterocycles. The molecule has 0 atom stereocenters. The Morgan fingerprint density at radius 3 is 0.842 bits per heavy atom. The van der Waals surface area contributed by atoms with Crippen molar-refractivity contribution in [1.82, 2.24) is 0 Å². The van der Waals surface area contributed by atoms with E-state index in [0.717, 1.165) is 0 Å². The molecule has 0 radical (unpaired) electrons. The maximum Gasteiger partial charge on any atom is 0.0725 e. The third kappa shape index (κ3) is 4.05. The van der Waals surface area contributed by atoms with Crippen LogP contribution in [0.4, 0.5) is 0 Å². The lowest BCUT2D eigenvalue weighted by Gasteiger charge is -2.59. The number of hydrogen-bond donors (Lipinski definition) is 0. The molecule has 0 heterocycles. The highest BCUT2D eigenvalue weighted by Gasteiger charge is 2.56. The molecule has 0 aromatic heterocycles. The fourth-order valence-electron chi connectivity index (χ4n) is 3.05. The smallest absolute Gasteiger partial charge is 0.0725 e. The van der Waals surface area contributed by atoms with E-state index in [1.165, 1.54) is 0 Å². The first-order chi connectivity index (χ1) is 7.87. The summed E-state index contributed by atoms with van der Waals surface area (Å²) in [4.78, 5) is 0. The quantitative estimate of drug-likeness (QED) is 0.375. The molecule has 0 aliphatic heterocycles. The van der Waals surface area contributed by atoms with Crippen molar-refractivity contribution in [3.63, 3.8) is 0 Å². The zero-order valence-electron chi connectivity index (χ0n) is 15.9. The van der Waals surface area contributed by atoms with Gasteiger partial charge in [0.1, 0.15) is 0 Å². The molecule has 19 heavy (non-hydrogen) atoms. The molecular formula is C15H39PSi3. The second kappa shape index (κ2) is 5.37. The Morgan fingerprint density at radius 1 is 0.526 bits per heavy atom. The van der Waals surface area contributed by atoms with Crippen LogP contribution < -0.4 is 0 Å². The Hall–Kier alpha value is 1.08. The van der Waals surface area contributed by atoms with Crippen LogP contribution in [0.3, 0.4) is 0 Å². The van der Waals surface area contributed by atoms with Gasteiger partial charge in [-0.1, -0.05) is 87.4 Å². The first kappa shape index (κ1) is 20.1. The van der Waals surface area contributed by atoms with Crippen molar-refractivity contribution in [2.24, 2.45) is 0 Å². The summed E-state index contributed by atoms with van der Waals surface area (Å²) in [7, 11) is -3.54. The van der Waals surface area contributed by atoms with Crippen molar-refractivity contribution in [1.29, 1.82) is 0 Å². The van der Waals surface area contributed by atoms with E-state index in [1.54, 1.807) is 0 Å². The van der Waals surface area contributed by atoms with Gasteiger partial charge < -0.3 is 0 Å². The van der Waals surface area contributed by atoms with E-state index in [0.29, 0.717) is 10.1 Å². The minimum absolute atomic E-state index is 0.252. The molecule has 0 fully saturated rings. The molecule has 0 unspecified atom stereocenters. The zero-order valence-corrected chi connectivity index (χ0v) is 19.8. The third-order valence-corrected chi connectivity index (χ3v) is 63.3. The van der Waals surface area contributed by atoms with Gasteiger partial charge in [-0.3, -0.25) is 0 Å². The summed E-state index contributed by atoms with van der Waals surface area (Å²) in [5.74, 6) is 0. The molecule has 0 N–H and O–H groups in total. The minimum Gasteiger partial charge on any atom is -0.139 e. The lowest BCUT2D eigenvalue weighted by Crippen LogP contribution is -2.53. The summed E-state index contributed by atoms with van der Waals surface area (Å²) in [6.45, 7) is 34.1. The summed E-state index contributed by atoms with van der Waals surface area (Å²) in [5.41, 5.74) is 0. The van der Waals surface area contributed by atoms with Gasteiger partial charge in [0.25, 0.3) is 0 Å². The van der Waals surface area contributed by atoms with Gasteiger partial charge in [0.2, 0.25) is 0 Å². The van der Waals surface area contributed by atoms with Gasteiger partial charge in [0.05, 0.1) is 23.2 Å². The Kier molecular flexibility index (Phi) is 5.68. The Morgan fingerprint density at radius 2 is 0.737 bits per heavy atom. The highest BCUT2D eigenvalue weighted by molar-refractivity contribution is 8.37. The minimum atomic E-state index is -1.23. The monoisotopic (exact) mass is 334 g/mol. The average molecular weight is 335 g/mol. The fraction of sp³-hybridized carbons (Fsp3) is 1.00. The van der Waals surface area contributed by atoms with Crippen molar-refractivity contribution in [2.75, 3.05) is 0 Å². The molecule has 4 heteroatoms. The van der Waals surface area contributed by atoms with Crippen LogP contribution in [0.5, 0.6) is 0 Å². The van der Waals surface area contributed by atoms with Gasteiger partial charge in [0.15, 0.2) is 0 Å². The van der Waals surface area contributed by atoms with Crippen molar-refractivity contribution >= 4 is 29.8 Å². The van der Waals surface area contributed by atoms with Gasteiger partial charge in [-0.05, 0) is 10.1 Å². The van der Waals surface area contributed by atoms with Crippen LogP contribution in [-0.4, -0.2) is 23.2 Å². The van der Waals surface area contributed by atoms with E-state index in [9.17, 15) is 0 Å². The first-order valence-electron chi connectivity index (χ1n) is 7.67. The number of rotatable bonds is 3. The van der Waals surface area contributed by atoms with Gasteiger partial charge >= 0.3 is 0 Å². The molecular weight excluding hydrogens is 295 g/mol. The van der Waals surface area contributed by atoms with Gasteiger partial charge in [-0.2, -0.15) is 0 Å². The molecule has 0 aliphatic rings. The molecule has 0 aromatic rings. The van der Waals surface area contributed by atoms with Crippen molar-refractivity contribution in [2.45, 2.75) is 97.4 Å². The number of hydrogen-bond acceptors (Lipinski definition) is 0. The van der Waals surface area contributed by atoms with Crippen molar-refractivity contribution in [3.05, 3.63) is 0 Å². The van der Waals surface area contributed by atoms with Crippen LogP contribution in [-0.2, 0) is 0 Å². The summed E-state index contributed by atoms with van der Waals surface area (Å²) >= 11 is 0. The van der Waals surface area contributed by atoms with Crippen LogP contribution in [0.15, 0.2) is 0 Å². The standard InChI is InChI=1S/C15H39PSi3/c1-14(2,3)18(10,11)16(17(7,8)9)19(12,13)15(4,5)6/h1-13H3. The molecule has 0 saturated carbocycles. The fourth-order valence-corrected chi connectivity index (χ4v) is 82.3. The molecule has 0 bridgehead atoms. The van der Waals surface area contributed by atoms with Crippen molar-refractivity contribution in [3.8, 4) is 0 Å². The zero-order chi connectivity index (χ0) is 16.1. The summed E-state index contributed by atoms with van der Waals surface area (Å²) in [6, 6.07) is 0. The molecule has 0 nitrogen and oxygen atoms in total. The molecule has 0 aromatic carbocycles. The van der Waals surface area contributed by atoms with Crippen LogP contribution in [0.1, 0.15) is 41.5 Å². The van der Waals surface area contributed by atoms with E-state index >= 15 is 0 Å². The summed E-state index contributed by atoms with van der Waals surface area (Å²) in [6.07, 6.45) is 0. The van der Waals surface area contributed by atoms with Crippen LogP contribution in [0.2, 0.25) is 55.9 Å². The predicted octanol–water partition coefficient (Wildman–Crippen LogP) is 7.31. The van der Waals surface area contributed by atoms with Crippen LogP contribution >= 0.6 is 6.57 Å². The second-order valence-corrected chi connectivity index (χ2v) is 43.2. The van der Waals surface area contributed by atoms with E-state index in [-0.39, 0.29) is 6.57 Å². The van der Waals surface area contributed by atoms with Gasteiger partial charge in [-0.15, -0.1) is 6.57 Å². The normalized spacial score (nSPS) is 16.1. The van der Waals surface area contributed by atoms with E-state index in [2.05, 4.69) is 87.4 Å². The lowest BCUT2D eigenvalue weighted by molar-refractivity contribution is 0.731. The van der Waals surface area contributed by atoms with Crippen LogP contribution in [0.25, 0.3) is 0 Å². The van der Waals surface area contributed by atoms with E-state index in [4.69, 9.17) is 0 Å². The van der Waals surface area contributed by atoms with Gasteiger partial charge in [-0.25, -0.2) is 0 Å². The van der Waals surface area contributed by atoms with Crippen molar-refractivity contribution < 1.29 is 0 Å². The second-order valence-electron chi connectivity index (χ2n) is 10.1. The highest BCUT2D eigenvalue weighted by Crippen LogP contribution is 2.72. The predicted molar refractivity (Wildman–Crippen MR) is 105 cm³/mol.